The van der Waals surface area contributed by atoms with Crippen LogP contribution in [0.4, 0.5) is 24.8 Å². The maximum absolute atomic E-state index is 14.3. The lowest BCUT2D eigenvalue weighted by Crippen LogP contribution is -2.51. The number of aromatic nitrogens is 6. The molecule has 0 spiro atoms. The van der Waals surface area contributed by atoms with Gasteiger partial charge in [-0.05, 0) is 55.2 Å². The van der Waals surface area contributed by atoms with Gasteiger partial charge in [-0.25, -0.2) is 24.6 Å². The van der Waals surface area contributed by atoms with Gasteiger partial charge in [0.05, 0.1) is 25.5 Å². The summed E-state index contributed by atoms with van der Waals surface area (Å²) in [5.74, 6) is -5.75. The fourth-order valence-corrected chi connectivity index (χ4v) is 10.6. The van der Waals surface area contributed by atoms with Gasteiger partial charge in [-0.2, -0.15) is 18.2 Å². The van der Waals surface area contributed by atoms with Crippen LogP contribution in [0.1, 0.15) is 167 Å². The Hall–Kier alpha value is -6.68. The molecule has 1 aliphatic heterocycles. The zero-order valence-electron chi connectivity index (χ0n) is 50.6. The van der Waals surface area contributed by atoms with Crippen LogP contribution in [-0.2, 0) is 49.2 Å². The number of H-pyrrole nitrogens is 2. The van der Waals surface area contributed by atoms with Crippen LogP contribution < -0.4 is 32.3 Å². The number of nitrogens with zero attached hydrogens (tertiary/aromatic N) is 6. The number of halogens is 3. The number of esters is 1. The van der Waals surface area contributed by atoms with Crippen molar-refractivity contribution in [2.75, 3.05) is 37.6 Å². The lowest BCUT2D eigenvalue weighted by molar-refractivity contribution is -0.203. The molecule has 4 N–H and O–H groups in total. The predicted molar refractivity (Wildman–Crippen MR) is 314 cm³/mol. The maximum Gasteiger partial charge on any atom is 0.471 e. The van der Waals surface area contributed by atoms with Crippen molar-refractivity contribution in [2.24, 2.45) is 5.92 Å². The van der Waals surface area contributed by atoms with Crippen LogP contribution in [-0.4, -0.2) is 130 Å². The van der Waals surface area contributed by atoms with Crippen LogP contribution in [0.25, 0.3) is 11.2 Å². The van der Waals surface area contributed by atoms with E-state index in [1.807, 2.05) is 13.1 Å². The van der Waals surface area contributed by atoms with E-state index >= 15 is 0 Å². The van der Waals surface area contributed by atoms with Gasteiger partial charge in [0, 0.05) is 49.5 Å². The molecular weight excluding hydrogens is 1130 g/mol. The molecule has 1 fully saturated rings. The number of hydrogen-bond acceptors (Lipinski definition) is 16. The fraction of sp³-hybridized carbons (Fsp3) is 0.638. The highest BCUT2D eigenvalue weighted by atomic mass is 28.4. The number of anilines is 2. The molecule has 4 amide bonds. The standard InChI is InChI=1S/C58H85F3N10O13Si/c1-11-12-13-14-15-16-17-18-19-20-21-22-23-24-32-71(82-36-42-46(84-85(9,10)57(4,5)6)47(80-7)52(83-42)69-33-31-43(72)65-56(69)79)44(73)30-29-41(53(77)81-8)64-50(75)38-25-27-40(28-26-38)70(54(78)58(59,60)61)35-39-34-62-48-45(63-39)51(76)68-55(66-48)67-49(74)37(2)3/h25-28,31,33-34,37,41-42,46-47,52H,11-24,29-30,32,35-36H2,1-10H3,(H,64,75)(H,65,72,79)(H2,62,66,67,68,74,76)/t41-,42?,46?,47?,52?/m0/s1. The number of benzene rings is 1. The molecule has 85 heavy (non-hydrogen) atoms. The SMILES string of the molecule is CCCCCCCCCCCCCCCCN(OCC1OC(n2ccc(=O)[nH]c2=O)C(OC)C1O[Si](C)(C)C(C)(C)C)C(=O)CC[C@H](NC(=O)c1ccc(N(Cc2cnc3nc(NC(=O)C(C)C)[nH]c(=O)c3n2)C(=O)C(F)(F)F)cc1)C(=O)OC. The van der Waals surface area contributed by atoms with E-state index in [0.717, 1.165) is 69.7 Å². The second-order valence-corrected chi connectivity index (χ2v) is 27.9. The Bertz CT molecular complexity index is 3040. The van der Waals surface area contributed by atoms with E-state index in [1.165, 1.54) is 80.4 Å². The summed E-state index contributed by atoms with van der Waals surface area (Å²) in [5.41, 5.74) is -3.51. The summed E-state index contributed by atoms with van der Waals surface area (Å²) >= 11 is 0. The first-order valence-electron chi connectivity index (χ1n) is 29.2. The van der Waals surface area contributed by atoms with Gasteiger partial charge in [-0.1, -0.05) is 125 Å². The molecule has 0 radical (unpaired) electrons. The topological polar surface area (TPSA) is 288 Å². The first-order valence-corrected chi connectivity index (χ1v) is 32.1. The minimum absolute atomic E-state index is 0.141. The summed E-state index contributed by atoms with van der Waals surface area (Å²) in [6.07, 6.45) is 8.29. The first kappa shape index (κ1) is 69.1. The average Bonchev–Trinajstić information content (AvgIpc) is 3.51. The van der Waals surface area contributed by atoms with Crippen molar-refractivity contribution >= 4 is 60.7 Å². The summed E-state index contributed by atoms with van der Waals surface area (Å²) in [5, 5.41) is 5.90. The summed E-state index contributed by atoms with van der Waals surface area (Å²) in [6.45, 7) is 14.8. The van der Waals surface area contributed by atoms with Crippen molar-refractivity contribution in [1.29, 1.82) is 0 Å². The Balaban J connectivity index is 1.31. The molecule has 4 heterocycles. The zero-order valence-corrected chi connectivity index (χ0v) is 51.6. The average molecular weight is 1220 g/mol. The smallest absolute Gasteiger partial charge is 0.467 e. The molecule has 3 aromatic heterocycles. The number of alkyl halides is 3. The van der Waals surface area contributed by atoms with E-state index in [1.54, 1.807) is 13.8 Å². The first-order chi connectivity index (χ1) is 40.2. The number of fused-ring (bicyclic) bond motifs is 1. The molecular formula is C58H85F3N10O13Si. The number of carbonyl (C=O) groups is 5. The van der Waals surface area contributed by atoms with Gasteiger partial charge >= 0.3 is 23.7 Å². The van der Waals surface area contributed by atoms with E-state index in [9.17, 15) is 51.5 Å². The molecule has 4 aromatic rings. The van der Waals surface area contributed by atoms with Crippen molar-refractivity contribution in [3.63, 3.8) is 0 Å². The fourth-order valence-electron chi connectivity index (χ4n) is 9.24. The highest BCUT2D eigenvalue weighted by Gasteiger charge is 2.52. The molecule has 27 heteroatoms. The van der Waals surface area contributed by atoms with E-state index < -0.39 is 104 Å². The number of amides is 4. The molecule has 4 unspecified atom stereocenters. The Morgan fingerprint density at radius 2 is 1.45 bits per heavy atom. The Morgan fingerprint density at radius 3 is 2.00 bits per heavy atom. The molecule has 0 bridgehead atoms. The van der Waals surface area contributed by atoms with Crippen LogP contribution in [0.5, 0.6) is 0 Å². The Kier molecular flexibility index (Phi) is 26.1. The molecule has 1 saturated heterocycles. The monoisotopic (exact) mass is 1210 g/mol. The summed E-state index contributed by atoms with van der Waals surface area (Å²) in [6, 6.07) is 4.17. The van der Waals surface area contributed by atoms with Crippen LogP contribution in [0.15, 0.2) is 57.1 Å². The van der Waals surface area contributed by atoms with Crippen molar-refractivity contribution < 1.29 is 60.6 Å². The Labute approximate surface area is 494 Å². The zero-order chi connectivity index (χ0) is 62.6. The highest BCUT2D eigenvalue weighted by Crippen LogP contribution is 2.42. The van der Waals surface area contributed by atoms with Gasteiger partial charge in [0.1, 0.15) is 31.0 Å². The number of carbonyl (C=O) groups excluding carboxylic acids is 5. The molecule has 1 aromatic carbocycles. The van der Waals surface area contributed by atoms with Crippen LogP contribution in [0.3, 0.4) is 0 Å². The maximum atomic E-state index is 14.3. The van der Waals surface area contributed by atoms with E-state index in [4.69, 9.17) is 23.5 Å². The molecule has 1 aliphatic rings. The molecule has 470 valence electrons. The number of hydroxylamine groups is 2. The summed E-state index contributed by atoms with van der Waals surface area (Å²) < 4.78 is 67.8. The number of aromatic amines is 2. The van der Waals surface area contributed by atoms with E-state index in [2.05, 4.69) is 63.2 Å². The minimum Gasteiger partial charge on any atom is -0.467 e. The normalized spacial score (nSPS) is 16.8. The number of hydrogen-bond donors (Lipinski definition) is 4. The van der Waals surface area contributed by atoms with Gasteiger partial charge < -0.3 is 24.0 Å². The minimum atomic E-state index is -5.38. The Morgan fingerprint density at radius 1 is 0.835 bits per heavy atom. The van der Waals surface area contributed by atoms with E-state index in [0.29, 0.717) is 11.3 Å². The molecule has 0 aliphatic carbocycles. The third kappa shape index (κ3) is 20.2. The molecule has 23 nitrogen and oxygen atoms in total. The van der Waals surface area contributed by atoms with Gasteiger partial charge in [0.25, 0.3) is 17.0 Å². The quantitative estimate of drug-likeness (QED) is 0.0150. The van der Waals surface area contributed by atoms with Crippen molar-refractivity contribution in [1.82, 2.24) is 39.9 Å². The largest absolute Gasteiger partial charge is 0.471 e. The molecule has 5 rings (SSSR count). The van der Waals surface area contributed by atoms with Gasteiger partial charge in [-0.15, -0.1) is 0 Å². The lowest BCUT2D eigenvalue weighted by atomic mass is 10.0. The van der Waals surface area contributed by atoms with Crippen LogP contribution >= 0.6 is 0 Å². The lowest BCUT2D eigenvalue weighted by Gasteiger charge is -2.40. The second-order valence-electron chi connectivity index (χ2n) is 23.1. The van der Waals surface area contributed by atoms with Gasteiger partial charge in [0.2, 0.25) is 17.8 Å². The number of nitrogens with one attached hydrogen (secondary N) is 4. The summed E-state index contributed by atoms with van der Waals surface area (Å²) in [4.78, 5) is 128. The molecule has 0 saturated carbocycles. The van der Waals surface area contributed by atoms with Crippen LogP contribution in [0.2, 0.25) is 18.1 Å². The van der Waals surface area contributed by atoms with Crippen molar-refractivity contribution in [2.45, 2.75) is 206 Å². The van der Waals surface area contributed by atoms with E-state index in [-0.39, 0.29) is 65.1 Å². The number of rotatable bonds is 33. The van der Waals surface area contributed by atoms with Crippen LogP contribution in [0, 0.1) is 5.92 Å². The highest BCUT2D eigenvalue weighted by molar-refractivity contribution is 6.74. The second kappa shape index (κ2) is 32.2. The third-order valence-electron chi connectivity index (χ3n) is 15.2. The number of unbranched alkanes of at least 4 members (excludes halogenated alkanes) is 13. The third-order valence-corrected chi connectivity index (χ3v) is 19.7. The number of ether oxygens (including phenoxy) is 3. The number of methoxy groups -OCH3 is 2. The predicted octanol–water partition coefficient (Wildman–Crippen LogP) is 8.55. The van der Waals surface area contributed by atoms with Gasteiger partial charge in [0.15, 0.2) is 25.7 Å². The summed E-state index contributed by atoms with van der Waals surface area (Å²) in [7, 11) is -0.0318. The van der Waals surface area contributed by atoms with Crippen molar-refractivity contribution in [3.8, 4) is 0 Å². The van der Waals surface area contributed by atoms with Crippen molar-refractivity contribution in [3.05, 3.63) is 85.2 Å². The van der Waals surface area contributed by atoms with Gasteiger partial charge in [-0.3, -0.25) is 58.4 Å². The molecule has 5 atom stereocenters.